The lowest BCUT2D eigenvalue weighted by molar-refractivity contribution is -0.128. The normalized spacial score (nSPS) is 14.7. The number of amides is 1. The second-order valence-electron chi connectivity index (χ2n) is 6.84. The van der Waals surface area contributed by atoms with Crippen molar-refractivity contribution in [1.29, 1.82) is 0 Å². The Bertz CT molecular complexity index is 1130. The molecule has 1 aliphatic rings. The van der Waals surface area contributed by atoms with Crippen LogP contribution in [0.1, 0.15) is 0 Å². The second-order valence-corrected chi connectivity index (χ2v) is 9.15. The van der Waals surface area contributed by atoms with Gasteiger partial charge in [0.05, 0.1) is 0 Å². The summed E-state index contributed by atoms with van der Waals surface area (Å²) in [5.74, 6) is -1.14. The van der Waals surface area contributed by atoms with Gasteiger partial charge in [0.15, 0.2) is 0 Å². The van der Waals surface area contributed by atoms with E-state index < -0.39 is 26.7 Å². The van der Waals surface area contributed by atoms with Crippen LogP contribution in [-0.2, 0) is 14.6 Å². The minimum atomic E-state index is -4.04. The van der Waals surface area contributed by atoms with E-state index in [1.807, 2.05) is 30.3 Å². The summed E-state index contributed by atoms with van der Waals surface area (Å²) >= 11 is 5.84. The first kappa shape index (κ1) is 20.4. The van der Waals surface area contributed by atoms with Crippen molar-refractivity contribution in [3.8, 4) is 11.5 Å². The Labute approximate surface area is 179 Å². The van der Waals surface area contributed by atoms with Crippen LogP contribution < -0.4 is 4.90 Å². The average molecular weight is 447 g/mol. The van der Waals surface area contributed by atoms with E-state index in [2.05, 4.69) is 15.1 Å². The fraction of sp³-hybridized carbons (Fsp3) is 0.250. The maximum atomic E-state index is 12.6. The van der Waals surface area contributed by atoms with Gasteiger partial charge >= 0.3 is 5.22 Å². The van der Waals surface area contributed by atoms with Gasteiger partial charge in [-0.25, -0.2) is 8.42 Å². The number of hydrogen-bond donors (Lipinski definition) is 0. The molecule has 0 saturated carbocycles. The number of piperazine rings is 1. The van der Waals surface area contributed by atoms with E-state index in [4.69, 9.17) is 16.0 Å². The van der Waals surface area contributed by atoms with Gasteiger partial charge in [-0.1, -0.05) is 34.9 Å². The molecule has 10 heteroatoms. The number of nitrogens with zero attached hydrogens (tertiary/aromatic N) is 4. The van der Waals surface area contributed by atoms with Crippen molar-refractivity contribution in [2.45, 2.75) is 5.22 Å². The number of rotatable bonds is 5. The van der Waals surface area contributed by atoms with Gasteiger partial charge in [0, 0.05) is 42.5 Å². The number of anilines is 1. The van der Waals surface area contributed by atoms with Crippen LogP contribution in [0.3, 0.4) is 0 Å². The molecule has 0 radical (unpaired) electrons. The fourth-order valence-electron chi connectivity index (χ4n) is 3.21. The standard InChI is InChI=1S/C20H19ClN4O4S/c21-16-8-6-15(7-9-16)19-22-23-20(29-19)30(27,28)14-18(26)25-12-10-24(11-13-25)17-4-2-1-3-5-17/h1-9H,10-14H2. The highest BCUT2D eigenvalue weighted by molar-refractivity contribution is 7.91. The highest BCUT2D eigenvalue weighted by Crippen LogP contribution is 2.22. The van der Waals surface area contributed by atoms with E-state index in [-0.39, 0.29) is 5.89 Å². The van der Waals surface area contributed by atoms with Crippen molar-refractivity contribution < 1.29 is 17.6 Å². The van der Waals surface area contributed by atoms with E-state index in [9.17, 15) is 13.2 Å². The van der Waals surface area contributed by atoms with Gasteiger partial charge in [0.2, 0.25) is 21.6 Å². The molecule has 2 heterocycles. The third kappa shape index (κ3) is 4.47. The molecular formula is C20H19ClN4O4S. The van der Waals surface area contributed by atoms with Gasteiger partial charge in [0.25, 0.3) is 0 Å². The SMILES string of the molecule is O=C(CS(=O)(=O)c1nnc(-c2ccc(Cl)cc2)o1)N1CCN(c2ccccc2)CC1. The molecular weight excluding hydrogens is 428 g/mol. The molecule has 1 saturated heterocycles. The fourth-order valence-corrected chi connectivity index (χ4v) is 4.34. The molecule has 30 heavy (non-hydrogen) atoms. The Kier molecular flexibility index (Phi) is 5.74. The molecule has 2 aromatic carbocycles. The van der Waals surface area contributed by atoms with Crippen molar-refractivity contribution in [2.24, 2.45) is 0 Å². The first-order valence-electron chi connectivity index (χ1n) is 9.32. The molecule has 3 aromatic rings. The molecule has 4 rings (SSSR count). The van der Waals surface area contributed by atoms with E-state index in [0.717, 1.165) is 5.69 Å². The first-order valence-corrected chi connectivity index (χ1v) is 11.4. The monoisotopic (exact) mass is 446 g/mol. The minimum absolute atomic E-state index is 0.0502. The molecule has 0 unspecified atom stereocenters. The van der Waals surface area contributed by atoms with Crippen LogP contribution in [0.25, 0.3) is 11.5 Å². The molecule has 1 fully saturated rings. The first-order chi connectivity index (χ1) is 14.4. The number of hydrogen-bond acceptors (Lipinski definition) is 7. The molecule has 0 aliphatic carbocycles. The van der Waals surface area contributed by atoms with Crippen LogP contribution in [-0.4, -0.2) is 61.4 Å². The third-order valence-electron chi connectivity index (χ3n) is 4.83. The molecule has 8 nitrogen and oxygen atoms in total. The molecule has 156 valence electrons. The number of benzene rings is 2. The zero-order chi connectivity index (χ0) is 21.1. The number of halogens is 1. The average Bonchev–Trinajstić information content (AvgIpc) is 3.26. The lowest BCUT2D eigenvalue weighted by atomic mass is 10.2. The van der Waals surface area contributed by atoms with E-state index in [1.165, 1.54) is 0 Å². The molecule has 0 atom stereocenters. The second kappa shape index (κ2) is 8.45. The van der Waals surface area contributed by atoms with E-state index in [1.54, 1.807) is 29.2 Å². The van der Waals surface area contributed by atoms with Gasteiger partial charge in [-0.15, -0.1) is 5.10 Å². The summed E-state index contributed by atoms with van der Waals surface area (Å²) in [4.78, 5) is 16.3. The predicted molar refractivity (Wildman–Crippen MR) is 112 cm³/mol. The van der Waals surface area contributed by atoms with Crippen LogP contribution in [0.4, 0.5) is 5.69 Å². The molecule has 0 bridgehead atoms. The van der Waals surface area contributed by atoms with Crippen molar-refractivity contribution >= 4 is 33.0 Å². The van der Waals surface area contributed by atoms with Gasteiger partial charge in [0.1, 0.15) is 5.75 Å². The van der Waals surface area contributed by atoms with E-state index >= 15 is 0 Å². The maximum Gasteiger partial charge on any atom is 0.336 e. The van der Waals surface area contributed by atoms with Crippen LogP contribution in [0.15, 0.2) is 64.2 Å². The predicted octanol–water partition coefficient (Wildman–Crippen LogP) is 2.51. The smallest absolute Gasteiger partial charge is 0.336 e. The summed E-state index contributed by atoms with van der Waals surface area (Å²) < 4.78 is 30.5. The number of para-hydroxylation sites is 1. The highest BCUT2D eigenvalue weighted by atomic mass is 35.5. The number of aromatic nitrogens is 2. The summed E-state index contributed by atoms with van der Waals surface area (Å²) in [6, 6.07) is 16.4. The van der Waals surface area contributed by atoms with Gasteiger partial charge in [-0.3, -0.25) is 4.79 Å². The van der Waals surface area contributed by atoms with Crippen LogP contribution in [0, 0.1) is 0 Å². The molecule has 0 spiro atoms. The summed E-state index contributed by atoms with van der Waals surface area (Å²) in [5, 5.41) is 7.36. The molecule has 1 amide bonds. The van der Waals surface area contributed by atoms with Crippen molar-refractivity contribution in [3.63, 3.8) is 0 Å². The van der Waals surface area contributed by atoms with E-state index in [0.29, 0.717) is 36.8 Å². The van der Waals surface area contributed by atoms with Gasteiger partial charge in [-0.05, 0) is 36.4 Å². The lowest BCUT2D eigenvalue weighted by Gasteiger charge is -2.36. The largest absolute Gasteiger partial charge is 0.408 e. The van der Waals surface area contributed by atoms with Crippen LogP contribution in [0.2, 0.25) is 5.02 Å². The number of sulfone groups is 1. The number of carbonyl (C=O) groups is 1. The Hall–Kier alpha value is -2.91. The summed E-state index contributed by atoms with van der Waals surface area (Å²) in [6.45, 7) is 2.17. The zero-order valence-electron chi connectivity index (χ0n) is 15.9. The third-order valence-corrected chi connectivity index (χ3v) is 6.41. The van der Waals surface area contributed by atoms with Crippen LogP contribution in [0.5, 0.6) is 0 Å². The van der Waals surface area contributed by atoms with Crippen LogP contribution >= 0.6 is 11.6 Å². The van der Waals surface area contributed by atoms with Gasteiger partial charge < -0.3 is 14.2 Å². The Morgan fingerprint density at radius 1 is 0.967 bits per heavy atom. The van der Waals surface area contributed by atoms with Crippen molar-refractivity contribution in [2.75, 3.05) is 36.8 Å². The topological polar surface area (TPSA) is 96.6 Å². The van der Waals surface area contributed by atoms with Crippen molar-refractivity contribution in [1.82, 2.24) is 15.1 Å². The molecule has 1 aromatic heterocycles. The Morgan fingerprint density at radius 2 is 1.63 bits per heavy atom. The molecule has 0 N–H and O–H groups in total. The summed E-state index contributed by atoms with van der Waals surface area (Å²) in [7, 11) is -4.04. The Morgan fingerprint density at radius 3 is 2.30 bits per heavy atom. The zero-order valence-corrected chi connectivity index (χ0v) is 17.5. The quantitative estimate of drug-likeness (QED) is 0.594. The minimum Gasteiger partial charge on any atom is -0.408 e. The summed E-state index contributed by atoms with van der Waals surface area (Å²) in [6.07, 6.45) is 0. The van der Waals surface area contributed by atoms with Crippen molar-refractivity contribution in [3.05, 3.63) is 59.6 Å². The number of carbonyl (C=O) groups excluding carboxylic acids is 1. The molecule has 1 aliphatic heterocycles. The summed E-state index contributed by atoms with van der Waals surface area (Å²) in [5.41, 5.74) is 1.62. The Balaban J connectivity index is 1.39. The highest BCUT2D eigenvalue weighted by Gasteiger charge is 2.30. The van der Waals surface area contributed by atoms with Gasteiger partial charge in [-0.2, -0.15) is 0 Å². The lowest BCUT2D eigenvalue weighted by Crippen LogP contribution is -2.50. The maximum absolute atomic E-state index is 12.6.